The summed E-state index contributed by atoms with van der Waals surface area (Å²) in [6.45, 7) is 1.92. The van der Waals surface area contributed by atoms with E-state index in [0.717, 1.165) is 33.9 Å². The minimum absolute atomic E-state index is 0.331. The molecular formula is C26H23ClFN5O. The van der Waals surface area contributed by atoms with Crippen molar-refractivity contribution < 1.29 is 9.13 Å². The van der Waals surface area contributed by atoms with Gasteiger partial charge in [0.15, 0.2) is 0 Å². The van der Waals surface area contributed by atoms with E-state index in [4.69, 9.17) is 21.3 Å². The third kappa shape index (κ3) is 5.21. The molecule has 4 rings (SSSR count). The van der Waals surface area contributed by atoms with Crippen LogP contribution in [0, 0.1) is 12.7 Å². The highest BCUT2D eigenvalue weighted by atomic mass is 35.5. The molecule has 0 fully saturated rings. The van der Waals surface area contributed by atoms with Gasteiger partial charge in [-0.05, 0) is 43.3 Å². The van der Waals surface area contributed by atoms with Gasteiger partial charge in [0.2, 0.25) is 5.96 Å². The smallest absolute Gasteiger partial charge is 0.222 e. The average Bonchev–Trinajstić information content (AvgIpc) is 2.84. The Morgan fingerprint density at radius 2 is 1.94 bits per heavy atom. The molecule has 0 unspecified atom stereocenters. The van der Waals surface area contributed by atoms with Crippen LogP contribution in [0.4, 0.5) is 10.1 Å². The largest absolute Gasteiger partial charge is 0.496 e. The summed E-state index contributed by atoms with van der Waals surface area (Å²) in [6.07, 6.45) is 7.97. The molecule has 0 bridgehead atoms. The van der Waals surface area contributed by atoms with E-state index in [0.29, 0.717) is 28.7 Å². The van der Waals surface area contributed by atoms with Crippen molar-refractivity contribution in [3.63, 3.8) is 0 Å². The summed E-state index contributed by atoms with van der Waals surface area (Å²) >= 11 is 6.31. The lowest BCUT2D eigenvalue weighted by molar-refractivity contribution is 0.416. The summed E-state index contributed by atoms with van der Waals surface area (Å²) in [7, 11) is 3.28. The van der Waals surface area contributed by atoms with Crippen LogP contribution in [0.5, 0.6) is 5.75 Å². The second-order valence-corrected chi connectivity index (χ2v) is 7.93. The SMILES string of the molecule is CN=C(/N=C1\CC=CC=C1c1ccc(F)cc1Cl)Nc1ccc(-c2cc(C)ncn2)c(OC)c1. The highest BCUT2D eigenvalue weighted by Crippen LogP contribution is 2.32. The first-order chi connectivity index (χ1) is 16.5. The fraction of sp³-hybridized carbons (Fsp3) is 0.154. The van der Waals surface area contributed by atoms with Gasteiger partial charge in [-0.15, -0.1) is 0 Å². The van der Waals surface area contributed by atoms with E-state index < -0.39 is 0 Å². The standard InChI is InChI=1S/C26H23ClFN5O/c1-16-12-24(31-15-30-16)21-11-9-18(14-25(21)34-3)32-26(29-2)33-23-7-5-4-6-20(23)19-10-8-17(28)13-22(19)27/h4-6,8-15H,7H2,1-3H3,(H,29,32)/b33-23+. The molecule has 0 saturated heterocycles. The number of allylic oxidation sites excluding steroid dienone is 4. The van der Waals surface area contributed by atoms with E-state index in [2.05, 4.69) is 20.3 Å². The monoisotopic (exact) mass is 475 g/mol. The summed E-state index contributed by atoms with van der Waals surface area (Å²) in [4.78, 5) is 17.5. The zero-order valence-electron chi connectivity index (χ0n) is 19.0. The number of anilines is 1. The number of aromatic nitrogens is 2. The lowest BCUT2D eigenvalue weighted by atomic mass is 9.95. The Hall–Kier alpha value is -3.84. The van der Waals surface area contributed by atoms with Crippen LogP contribution in [-0.4, -0.2) is 35.8 Å². The average molecular weight is 476 g/mol. The van der Waals surface area contributed by atoms with Gasteiger partial charge in [-0.25, -0.2) is 19.4 Å². The molecule has 3 aromatic rings. The second-order valence-electron chi connectivity index (χ2n) is 7.53. The topological polar surface area (TPSA) is 71.8 Å². The van der Waals surface area contributed by atoms with Gasteiger partial charge in [-0.1, -0.05) is 29.8 Å². The fourth-order valence-electron chi connectivity index (χ4n) is 3.58. The molecule has 172 valence electrons. The molecule has 0 saturated carbocycles. The number of aryl methyl sites for hydroxylation is 1. The van der Waals surface area contributed by atoms with Crippen LogP contribution in [0.1, 0.15) is 17.7 Å². The molecule has 1 aromatic heterocycles. The maximum absolute atomic E-state index is 13.5. The van der Waals surface area contributed by atoms with Gasteiger partial charge in [0, 0.05) is 47.6 Å². The molecule has 8 heteroatoms. The third-order valence-electron chi connectivity index (χ3n) is 5.23. The number of aliphatic imine (C=N–C) groups is 2. The molecule has 1 aliphatic rings. The first-order valence-electron chi connectivity index (χ1n) is 10.6. The van der Waals surface area contributed by atoms with Gasteiger partial charge in [-0.3, -0.25) is 4.99 Å². The van der Waals surface area contributed by atoms with Crippen molar-refractivity contribution in [1.29, 1.82) is 0 Å². The fourth-order valence-corrected chi connectivity index (χ4v) is 3.85. The minimum Gasteiger partial charge on any atom is -0.496 e. The minimum atomic E-state index is -0.383. The zero-order chi connectivity index (χ0) is 24.1. The molecule has 0 amide bonds. The number of halogens is 2. The van der Waals surface area contributed by atoms with Gasteiger partial charge in [0.25, 0.3) is 0 Å². The van der Waals surface area contributed by atoms with Crippen LogP contribution in [0.3, 0.4) is 0 Å². The quantitative estimate of drug-likeness (QED) is 0.363. The molecule has 0 aliphatic heterocycles. The molecule has 0 atom stereocenters. The third-order valence-corrected chi connectivity index (χ3v) is 5.55. The Bertz CT molecular complexity index is 1350. The number of nitrogens with one attached hydrogen (secondary N) is 1. The highest BCUT2D eigenvalue weighted by molar-refractivity contribution is 6.36. The lowest BCUT2D eigenvalue weighted by Crippen LogP contribution is -2.14. The number of guanidine groups is 1. The number of rotatable bonds is 4. The molecular weight excluding hydrogens is 453 g/mol. The molecule has 0 radical (unpaired) electrons. The van der Waals surface area contributed by atoms with E-state index in [-0.39, 0.29) is 5.82 Å². The molecule has 6 nitrogen and oxygen atoms in total. The van der Waals surface area contributed by atoms with Crippen LogP contribution < -0.4 is 10.1 Å². The molecule has 2 aromatic carbocycles. The van der Waals surface area contributed by atoms with Gasteiger partial charge in [-0.2, -0.15) is 0 Å². The Morgan fingerprint density at radius 3 is 2.68 bits per heavy atom. The van der Waals surface area contributed by atoms with Crippen LogP contribution in [-0.2, 0) is 0 Å². The summed E-state index contributed by atoms with van der Waals surface area (Å²) in [5.74, 6) is 0.693. The number of ether oxygens (including phenoxy) is 1. The number of benzene rings is 2. The predicted octanol–water partition coefficient (Wildman–Crippen LogP) is 6.14. The van der Waals surface area contributed by atoms with E-state index >= 15 is 0 Å². The number of hydrogen-bond acceptors (Lipinski definition) is 4. The summed E-state index contributed by atoms with van der Waals surface area (Å²) in [6, 6.07) is 12.0. The van der Waals surface area contributed by atoms with Crippen LogP contribution >= 0.6 is 11.6 Å². The summed E-state index contributed by atoms with van der Waals surface area (Å²) in [5.41, 5.74) is 5.57. The van der Waals surface area contributed by atoms with Crippen LogP contribution in [0.25, 0.3) is 16.8 Å². The van der Waals surface area contributed by atoms with Crippen molar-refractivity contribution in [2.75, 3.05) is 19.5 Å². The maximum atomic E-state index is 13.5. The highest BCUT2D eigenvalue weighted by Gasteiger charge is 2.16. The molecule has 1 heterocycles. The van der Waals surface area contributed by atoms with Crippen LogP contribution in [0.2, 0.25) is 5.02 Å². The molecule has 0 spiro atoms. The van der Waals surface area contributed by atoms with Crippen molar-refractivity contribution in [3.05, 3.63) is 89.1 Å². The van der Waals surface area contributed by atoms with E-state index in [1.807, 2.05) is 49.4 Å². The number of nitrogens with zero attached hydrogens (tertiary/aromatic N) is 4. The van der Waals surface area contributed by atoms with Gasteiger partial charge in [0.05, 0.1) is 23.5 Å². The van der Waals surface area contributed by atoms with Crippen molar-refractivity contribution >= 4 is 34.5 Å². The zero-order valence-corrected chi connectivity index (χ0v) is 19.8. The molecule has 1 N–H and O–H groups in total. The van der Waals surface area contributed by atoms with Crippen LogP contribution in [0.15, 0.2) is 77.0 Å². The van der Waals surface area contributed by atoms with Crippen molar-refractivity contribution in [1.82, 2.24) is 9.97 Å². The van der Waals surface area contributed by atoms with E-state index in [1.54, 1.807) is 20.2 Å². The van der Waals surface area contributed by atoms with Crippen molar-refractivity contribution in [3.8, 4) is 17.0 Å². The normalized spacial score (nSPS) is 14.8. The Balaban J connectivity index is 1.62. The maximum Gasteiger partial charge on any atom is 0.222 e. The second kappa shape index (κ2) is 10.4. The number of methoxy groups -OCH3 is 1. The van der Waals surface area contributed by atoms with E-state index in [1.165, 1.54) is 18.5 Å². The Labute approximate surface area is 202 Å². The van der Waals surface area contributed by atoms with Gasteiger partial charge in [0.1, 0.15) is 17.9 Å². The summed E-state index contributed by atoms with van der Waals surface area (Å²) < 4.78 is 19.1. The summed E-state index contributed by atoms with van der Waals surface area (Å²) in [5, 5.41) is 3.57. The van der Waals surface area contributed by atoms with Gasteiger partial charge < -0.3 is 10.1 Å². The Kier molecular flexibility index (Phi) is 7.13. The van der Waals surface area contributed by atoms with Crippen molar-refractivity contribution in [2.24, 2.45) is 9.98 Å². The predicted molar refractivity (Wildman–Crippen MR) is 136 cm³/mol. The van der Waals surface area contributed by atoms with Crippen molar-refractivity contribution in [2.45, 2.75) is 13.3 Å². The molecule has 34 heavy (non-hydrogen) atoms. The van der Waals surface area contributed by atoms with Gasteiger partial charge >= 0.3 is 0 Å². The van der Waals surface area contributed by atoms with E-state index in [9.17, 15) is 4.39 Å². The lowest BCUT2D eigenvalue weighted by Gasteiger charge is -2.16. The first-order valence-corrected chi connectivity index (χ1v) is 11.0. The number of hydrogen-bond donors (Lipinski definition) is 1. The first kappa shape index (κ1) is 23.3. The Morgan fingerprint density at radius 1 is 1.12 bits per heavy atom. The molecule has 1 aliphatic carbocycles.